The van der Waals surface area contributed by atoms with Crippen molar-refractivity contribution in [2.45, 2.75) is 58.8 Å². The second kappa shape index (κ2) is 10.2. The minimum Gasteiger partial charge on any atom is -0.356 e. The van der Waals surface area contributed by atoms with Crippen molar-refractivity contribution < 1.29 is 4.79 Å². The molecule has 32 heavy (non-hydrogen) atoms. The highest BCUT2D eigenvalue weighted by Gasteiger charge is 2.32. The van der Waals surface area contributed by atoms with Crippen molar-refractivity contribution in [1.82, 2.24) is 14.3 Å². The largest absolute Gasteiger partial charge is 0.356 e. The molecule has 2 aliphatic rings. The number of hydrogen-bond acceptors (Lipinski definition) is 6. The summed E-state index contributed by atoms with van der Waals surface area (Å²) in [7, 11) is 0. The Morgan fingerprint density at radius 3 is 2.66 bits per heavy atom. The molecule has 2 aromatic rings. The minimum atomic E-state index is -0.146. The first-order valence-electron chi connectivity index (χ1n) is 11.5. The molecular formula is C24H30N4O2S2. The van der Waals surface area contributed by atoms with Crippen LogP contribution >= 0.6 is 24.0 Å². The van der Waals surface area contributed by atoms with Crippen molar-refractivity contribution >= 4 is 51.7 Å². The van der Waals surface area contributed by atoms with Crippen LogP contribution in [0.3, 0.4) is 0 Å². The van der Waals surface area contributed by atoms with Crippen LogP contribution < -0.4 is 10.5 Å². The van der Waals surface area contributed by atoms with Crippen molar-refractivity contribution in [3.63, 3.8) is 0 Å². The van der Waals surface area contributed by atoms with Crippen LogP contribution in [0, 0.1) is 6.92 Å². The fourth-order valence-electron chi connectivity index (χ4n) is 4.24. The van der Waals surface area contributed by atoms with Crippen molar-refractivity contribution in [1.29, 1.82) is 0 Å². The van der Waals surface area contributed by atoms with Gasteiger partial charge < -0.3 is 4.90 Å². The molecule has 2 aromatic heterocycles. The van der Waals surface area contributed by atoms with E-state index in [2.05, 4.69) is 11.8 Å². The second-order valence-electron chi connectivity index (χ2n) is 8.53. The first-order valence-corrected chi connectivity index (χ1v) is 12.8. The lowest BCUT2D eigenvalue weighted by molar-refractivity contribution is -0.122. The predicted octanol–water partition coefficient (Wildman–Crippen LogP) is 4.77. The fraction of sp³-hybridized carbons (Fsp3) is 0.500. The Morgan fingerprint density at radius 2 is 1.91 bits per heavy atom. The molecule has 0 unspecified atom stereocenters. The van der Waals surface area contributed by atoms with Gasteiger partial charge in [0.2, 0.25) is 0 Å². The molecule has 0 aromatic carbocycles. The number of thiocarbonyl (C=S) groups is 1. The average Bonchev–Trinajstić information content (AvgIpc) is 3.06. The van der Waals surface area contributed by atoms with Gasteiger partial charge in [0, 0.05) is 25.8 Å². The topological polar surface area (TPSA) is 57.9 Å². The van der Waals surface area contributed by atoms with Crippen LogP contribution in [-0.2, 0) is 4.79 Å². The summed E-state index contributed by atoms with van der Waals surface area (Å²) in [5, 5.41) is 0. The second-order valence-corrected chi connectivity index (χ2v) is 10.2. The zero-order valence-electron chi connectivity index (χ0n) is 18.8. The third-order valence-electron chi connectivity index (χ3n) is 6.03. The van der Waals surface area contributed by atoms with Gasteiger partial charge in [-0.2, -0.15) is 0 Å². The highest BCUT2D eigenvalue weighted by atomic mass is 32.2. The Labute approximate surface area is 198 Å². The normalized spacial score (nSPS) is 18.4. The van der Waals surface area contributed by atoms with Crippen molar-refractivity contribution in [2.24, 2.45) is 0 Å². The fourth-order valence-corrected chi connectivity index (χ4v) is 5.53. The summed E-state index contributed by atoms with van der Waals surface area (Å²) in [6, 6.07) is 3.84. The molecule has 0 N–H and O–H groups in total. The molecule has 0 atom stereocenters. The number of aromatic nitrogens is 2. The number of unbranched alkanes of at least 4 members (excludes halogenated alkanes) is 3. The summed E-state index contributed by atoms with van der Waals surface area (Å²) in [5.74, 6) is 0.571. The number of rotatable bonds is 7. The number of amides is 1. The van der Waals surface area contributed by atoms with E-state index in [4.69, 9.17) is 17.2 Å². The summed E-state index contributed by atoms with van der Waals surface area (Å²) in [6.07, 6.45) is 11.2. The lowest BCUT2D eigenvalue weighted by Gasteiger charge is -2.29. The van der Waals surface area contributed by atoms with Gasteiger partial charge in [-0.1, -0.05) is 56.2 Å². The number of hydrogen-bond donors (Lipinski definition) is 0. The van der Waals surface area contributed by atoms with E-state index in [1.165, 1.54) is 18.2 Å². The van der Waals surface area contributed by atoms with E-state index in [1.807, 2.05) is 19.1 Å². The van der Waals surface area contributed by atoms with E-state index in [1.54, 1.807) is 21.6 Å². The maximum atomic E-state index is 13.5. The average molecular weight is 471 g/mol. The van der Waals surface area contributed by atoms with Crippen molar-refractivity contribution in [3.05, 3.63) is 44.7 Å². The number of carbonyl (C=O) groups excluding carboxylic acids is 1. The Balaban J connectivity index is 1.73. The van der Waals surface area contributed by atoms with Gasteiger partial charge in [0.15, 0.2) is 0 Å². The van der Waals surface area contributed by atoms with Gasteiger partial charge in [0.1, 0.15) is 15.8 Å². The minimum absolute atomic E-state index is 0.102. The Bertz CT molecular complexity index is 1120. The van der Waals surface area contributed by atoms with Gasteiger partial charge in [-0.05, 0) is 50.3 Å². The molecule has 2 aliphatic heterocycles. The van der Waals surface area contributed by atoms with E-state index in [0.717, 1.165) is 57.2 Å². The van der Waals surface area contributed by atoms with E-state index in [-0.39, 0.29) is 11.5 Å². The predicted molar refractivity (Wildman–Crippen MR) is 136 cm³/mol. The zero-order chi connectivity index (χ0) is 22.7. The number of nitrogens with zero attached hydrogens (tertiary/aromatic N) is 4. The standard InChI is InChI=1S/C24H30N4O2S2/c1-3-4-5-9-14-27-23(30)19(32-24(27)31)15-18-21(26-12-7-6-8-13-26)25-20-11-10-17(2)16-28(20)22(18)29/h10-11,15-16H,3-9,12-14H2,1-2H3/b19-15+. The number of carbonyl (C=O) groups is 1. The van der Waals surface area contributed by atoms with Crippen molar-refractivity contribution in [2.75, 3.05) is 24.5 Å². The lowest BCUT2D eigenvalue weighted by atomic mass is 10.1. The Kier molecular flexibility index (Phi) is 7.30. The summed E-state index contributed by atoms with van der Waals surface area (Å²) in [5.41, 5.74) is 1.94. The molecule has 2 fully saturated rings. The first-order chi connectivity index (χ1) is 15.5. The highest BCUT2D eigenvalue weighted by Crippen LogP contribution is 2.34. The van der Waals surface area contributed by atoms with Gasteiger partial charge in [-0.25, -0.2) is 4.98 Å². The highest BCUT2D eigenvalue weighted by molar-refractivity contribution is 8.26. The van der Waals surface area contributed by atoms with Crippen LogP contribution in [0.15, 0.2) is 28.0 Å². The first kappa shape index (κ1) is 23.0. The van der Waals surface area contributed by atoms with Gasteiger partial charge in [0.25, 0.3) is 11.5 Å². The summed E-state index contributed by atoms with van der Waals surface area (Å²) < 4.78 is 2.15. The smallest absolute Gasteiger partial charge is 0.267 e. The maximum absolute atomic E-state index is 13.5. The van der Waals surface area contributed by atoms with Gasteiger partial charge in [-0.3, -0.25) is 18.9 Å². The summed E-state index contributed by atoms with van der Waals surface area (Å²) in [4.78, 5) is 35.9. The number of anilines is 1. The van der Waals surface area contributed by atoms with Crippen LogP contribution in [0.2, 0.25) is 0 Å². The van der Waals surface area contributed by atoms with Gasteiger partial charge in [-0.15, -0.1) is 0 Å². The number of thioether (sulfide) groups is 1. The van der Waals surface area contributed by atoms with Crippen LogP contribution in [0.5, 0.6) is 0 Å². The molecule has 0 aliphatic carbocycles. The molecule has 170 valence electrons. The number of fused-ring (bicyclic) bond motifs is 1. The van der Waals surface area contributed by atoms with E-state index in [0.29, 0.717) is 32.8 Å². The van der Waals surface area contributed by atoms with E-state index < -0.39 is 0 Å². The zero-order valence-corrected chi connectivity index (χ0v) is 20.4. The number of aryl methyl sites for hydroxylation is 1. The van der Waals surface area contributed by atoms with Crippen molar-refractivity contribution in [3.8, 4) is 0 Å². The van der Waals surface area contributed by atoms with E-state index in [9.17, 15) is 9.59 Å². The van der Waals surface area contributed by atoms with Crippen LogP contribution in [0.4, 0.5) is 5.82 Å². The molecule has 8 heteroatoms. The molecule has 1 amide bonds. The number of piperidine rings is 1. The summed E-state index contributed by atoms with van der Waals surface area (Å²) >= 11 is 6.78. The third kappa shape index (κ3) is 4.76. The van der Waals surface area contributed by atoms with Crippen LogP contribution in [0.25, 0.3) is 11.7 Å². The van der Waals surface area contributed by atoms with E-state index >= 15 is 0 Å². The molecule has 4 rings (SSSR count). The third-order valence-corrected chi connectivity index (χ3v) is 7.40. The molecule has 0 radical (unpaired) electrons. The molecule has 2 saturated heterocycles. The summed E-state index contributed by atoms with van der Waals surface area (Å²) in [6.45, 7) is 6.49. The molecular weight excluding hydrogens is 440 g/mol. The molecule has 0 spiro atoms. The van der Waals surface area contributed by atoms with Gasteiger partial charge in [0.05, 0.1) is 10.5 Å². The number of pyridine rings is 1. The Morgan fingerprint density at radius 1 is 1.12 bits per heavy atom. The quantitative estimate of drug-likeness (QED) is 0.330. The monoisotopic (exact) mass is 470 g/mol. The molecule has 6 nitrogen and oxygen atoms in total. The maximum Gasteiger partial charge on any atom is 0.267 e. The molecule has 4 heterocycles. The Hall–Kier alpha value is -2.19. The van der Waals surface area contributed by atoms with Crippen LogP contribution in [0.1, 0.15) is 63.0 Å². The SMILES string of the molecule is CCCCCCN1C(=O)/C(=C\c2c(N3CCCCC3)nc3ccc(C)cn3c2=O)SC1=S. The lowest BCUT2D eigenvalue weighted by Crippen LogP contribution is -2.33. The van der Waals surface area contributed by atoms with Crippen LogP contribution in [-0.4, -0.2) is 44.1 Å². The molecule has 0 saturated carbocycles. The molecule has 0 bridgehead atoms. The van der Waals surface area contributed by atoms with Gasteiger partial charge >= 0.3 is 0 Å².